The molecule has 73 valence electrons. The van der Waals surface area contributed by atoms with Gasteiger partial charge in [0.2, 0.25) is 0 Å². The minimum Gasteiger partial charge on any atom is -0.255 e. The van der Waals surface area contributed by atoms with E-state index in [0.29, 0.717) is 12.1 Å². The Bertz CT molecular complexity index is 94.0. The lowest BCUT2D eigenvalue weighted by molar-refractivity contribution is 0.0857. The second-order valence-electron chi connectivity index (χ2n) is 3.33. The van der Waals surface area contributed by atoms with E-state index in [9.17, 15) is 0 Å². The van der Waals surface area contributed by atoms with Crippen molar-refractivity contribution >= 4 is 0 Å². The normalized spacial score (nSPS) is 16.5. The van der Waals surface area contributed by atoms with Gasteiger partial charge in [0.15, 0.2) is 0 Å². The molecule has 0 saturated carbocycles. The first kappa shape index (κ1) is 11.9. The molecule has 0 aliphatic carbocycles. The van der Waals surface area contributed by atoms with Crippen LogP contribution in [-0.4, -0.2) is 23.6 Å². The van der Waals surface area contributed by atoms with Crippen LogP contribution in [0.2, 0.25) is 0 Å². The van der Waals surface area contributed by atoms with E-state index in [4.69, 9.17) is 0 Å². The lowest BCUT2D eigenvalue weighted by Crippen LogP contribution is -2.49. The number of hydrogen-bond acceptors (Lipinski definition) is 2. The predicted octanol–water partition coefficient (Wildman–Crippen LogP) is 2.22. The van der Waals surface area contributed by atoms with E-state index < -0.39 is 0 Å². The molecule has 12 heavy (non-hydrogen) atoms. The summed E-state index contributed by atoms with van der Waals surface area (Å²) in [7, 11) is 0. The summed E-state index contributed by atoms with van der Waals surface area (Å²) in [6.45, 7) is 13.5. The zero-order valence-electron chi connectivity index (χ0n) is 8.93. The van der Waals surface area contributed by atoms with Crippen molar-refractivity contribution in [1.29, 1.82) is 0 Å². The van der Waals surface area contributed by atoms with Gasteiger partial charge < -0.3 is 0 Å². The second kappa shape index (κ2) is 6.44. The standard InChI is InChI=1S/C10H23N2/c1-6-9(4)12(11-8-3)10(5)7-2/h9-11H,3,6-8H2,1-2,4-5H3. The van der Waals surface area contributed by atoms with Crippen molar-refractivity contribution in [3.05, 3.63) is 6.92 Å². The van der Waals surface area contributed by atoms with Crippen molar-refractivity contribution in [2.75, 3.05) is 6.54 Å². The fourth-order valence-electron chi connectivity index (χ4n) is 1.27. The number of rotatable bonds is 6. The van der Waals surface area contributed by atoms with Gasteiger partial charge in [0.1, 0.15) is 0 Å². The summed E-state index contributed by atoms with van der Waals surface area (Å²) in [5.41, 5.74) is 3.31. The molecule has 0 rings (SSSR count). The number of hydrogen-bond donors (Lipinski definition) is 1. The van der Waals surface area contributed by atoms with Crippen LogP contribution < -0.4 is 5.43 Å². The van der Waals surface area contributed by atoms with Gasteiger partial charge in [0.05, 0.1) is 0 Å². The summed E-state index contributed by atoms with van der Waals surface area (Å²) < 4.78 is 0. The van der Waals surface area contributed by atoms with Crippen LogP contribution in [0.1, 0.15) is 40.5 Å². The molecule has 1 radical (unpaired) electrons. The third-order valence-electron chi connectivity index (χ3n) is 2.43. The molecule has 2 atom stereocenters. The average Bonchev–Trinajstić information content (AvgIpc) is 2.11. The highest BCUT2D eigenvalue weighted by Gasteiger charge is 2.15. The van der Waals surface area contributed by atoms with Crippen molar-refractivity contribution in [2.45, 2.75) is 52.6 Å². The Kier molecular flexibility index (Phi) is 6.39. The minimum absolute atomic E-state index is 0.599. The Hall–Kier alpha value is -0.0800. The van der Waals surface area contributed by atoms with E-state index in [1.54, 1.807) is 0 Å². The highest BCUT2D eigenvalue weighted by atomic mass is 15.5. The maximum absolute atomic E-state index is 3.81. The zero-order chi connectivity index (χ0) is 9.56. The molecular weight excluding hydrogens is 148 g/mol. The van der Waals surface area contributed by atoms with Gasteiger partial charge in [-0.3, -0.25) is 5.43 Å². The van der Waals surface area contributed by atoms with E-state index in [0.717, 1.165) is 6.54 Å². The first-order chi connectivity index (χ1) is 5.67. The molecule has 0 heterocycles. The van der Waals surface area contributed by atoms with Crippen molar-refractivity contribution in [3.63, 3.8) is 0 Å². The van der Waals surface area contributed by atoms with Crippen LogP contribution in [0.15, 0.2) is 0 Å². The summed E-state index contributed by atoms with van der Waals surface area (Å²) in [4.78, 5) is 0. The average molecular weight is 171 g/mol. The van der Waals surface area contributed by atoms with Crippen LogP contribution in [0.5, 0.6) is 0 Å². The van der Waals surface area contributed by atoms with Crippen LogP contribution >= 0.6 is 0 Å². The van der Waals surface area contributed by atoms with Gasteiger partial charge in [0.25, 0.3) is 0 Å². The van der Waals surface area contributed by atoms with Crippen LogP contribution in [0.3, 0.4) is 0 Å². The van der Waals surface area contributed by atoms with Crippen LogP contribution in [-0.2, 0) is 0 Å². The quantitative estimate of drug-likeness (QED) is 0.616. The van der Waals surface area contributed by atoms with Crippen molar-refractivity contribution in [3.8, 4) is 0 Å². The monoisotopic (exact) mass is 171 g/mol. The second-order valence-corrected chi connectivity index (χ2v) is 3.33. The summed E-state index contributed by atoms with van der Waals surface area (Å²) in [5.74, 6) is 0. The molecular formula is C10H23N2. The predicted molar refractivity (Wildman–Crippen MR) is 54.7 cm³/mol. The summed E-state index contributed by atoms with van der Waals surface area (Å²) in [6, 6.07) is 1.20. The molecule has 2 nitrogen and oxygen atoms in total. The lowest BCUT2D eigenvalue weighted by atomic mass is 10.2. The van der Waals surface area contributed by atoms with Crippen molar-refractivity contribution in [2.24, 2.45) is 0 Å². The van der Waals surface area contributed by atoms with Crippen molar-refractivity contribution < 1.29 is 0 Å². The van der Waals surface area contributed by atoms with Gasteiger partial charge in [-0.15, -0.1) is 0 Å². The van der Waals surface area contributed by atoms with Gasteiger partial charge in [-0.05, 0) is 33.6 Å². The van der Waals surface area contributed by atoms with Gasteiger partial charge in [-0.2, -0.15) is 0 Å². The molecule has 0 aliphatic rings. The van der Waals surface area contributed by atoms with E-state index in [2.05, 4.69) is 45.1 Å². The Morgan fingerprint density at radius 2 is 1.58 bits per heavy atom. The number of nitrogens with one attached hydrogen (secondary N) is 1. The summed E-state index contributed by atoms with van der Waals surface area (Å²) in [6.07, 6.45) is 2.36. The fraction of sp³-hybridized carbons (Fsp3) is 0.900. The smallest absolute Gasteiger partial charge is 0.0215 e. The highest BCUT2D eigenvalue weighted by molar-refractivity contribution is 4.68. The molecule has 2 heteroatoms. The SMILES string of the molecule is [CH2]CNN(C(C)CC)C(C)CC. The topological polar surface area (TPSA) is 15.3 Å². The maximum atomic E-state index is 3.81. The Morgan fingerprint density at radius 1 is 1.17 bits per heavy atom. The van der Waals surface area contributed by atoms with Crippen LogP contribution in [0.4, 0.5) is 0 Å². The lowest BCUT2D eigenvalue weighted by Gasteiger charge is -2.33. The molecule has 0 amide bonds. The van der Waals surface area contributed by atoms with Gasteiger partial charge in [-0.25, -0.2) is 5.01 Å². The molecule has 0 aromatic heterocycles. The van der Waals surface area contributed by atoms with E-state index in [1.807, 2.05) is 0 Å². The fourth-order valence-corrected chi connectivity index (χ4v) is 1.27. The first-order valence-corrected chi connectivity index (χ1v) is 4.98. The van der Waals surface area contributed by atoms with E-state index in [1.165, 1.54) is 12.8 Å². The third kappa shape index (κ3) is 3.55. The van der Waals surface area contributed by atoms with Gasteiger partial charge in [-0.1, -0.05) is 13.8 Å². The molecule has 0 fully saturated rings. The van der Waals surface area contributed by atoms with Crippen LogP contribution in [0, 0.1) is 6.92 Å². The first-order valence-electron chi connectivity index (χ1n) is 4.98. The van der Waals surface area contributed by atoms with E-state index in [-0.39, 0.29) is 0 Å². The Labute approximate surface area is 77.3 Å². The molecule has 0 bridgehead atoms. The summed E-state index contributed by atoms with van der Waals surface area (Å²) >= 11 is 0. The molecule has 0 aliphatic heterocycles. The summed E-state index contributed by atoms with van der Waals surface area (Å²) in [5, 5.41) is 2.31. The van der Waals surface area contributed by atoms with Crippen LogP contribution in [0.25, 0.3) is 0 Å². The van der Waals surface area contributed by atoms with Gasteiger partial charge in [0, 0.05) is 18.6 Å². The van der Waals surface area contributed by atoms with Gasteiger partial charge >= 0.3 is 0 Å². The molecule has 2 unspecified atom stereocenters. The Morgan fingerprint density at radius 3 is 1.83 bits per heavy atom. The molecule has 0 saturated heterocycles. The largest absolute Gasteiger partial charge is 0.255 e. The molecule has 0 aromatic carbocycles. The third-order valence-corrected chi connectivity index (χ3v) is 2.43. The van der Waals surface area contributed by atoms with E-state index >= 15 is 0 Å². The molecule has 0 spiro atoms. The maximum Gasteiger partial charge on any atom is 0.0215 e. The zero-order valence-corrected chi connectivity index (χ0v) is 8.93. The Balaban J connectivity index is 4.01. The number of hydrazine groups is 1. The molecule has 0 aromatic rings. The number of nitrogens with zero attached hydrogens (tertiary/aromatic N) is 1. The molecule has 1 N–H and O–H groups in total. The highest BCUT2D eigenvalue weighted by Crippen LogP contribution is 2.07. The van der Waals surface area contributed by atoms with Crippen molar-refractivity contribution in [1.82, 2.24) is 10.4 Å². The minimum atomic E-state index is 0.599.